The van der Waals surface area contributed by atoms with Gasteiger partial charge in [-0.1, -0.05) is 38.5 Å². The summed E-state index contributed by atoms with van der Waals surface area (Å²) >= 11 is 1.86. The molecule has 2 atom stereocenters. The van der Waals surface area contributed by atoms with Crippen LogP contribution in [0.25, 0.3) is 0 Å². The van der Waals surface area contributed by atoms with Crippen molar-refractivity contribution in [3.63, 3.8) is 0 Å². The van der Waals surface area contributed by atoms with E-state index >= 15 is 0 Å². The van der Waals surface area contributed by atoms with Crippen LogP contribution in [0.15, 0.2) is 17.6 Å². The Kier molecular flexibility index (Phi) is 6.11. The van der Waals surface area contributed by atoms with Crippen molar-refractivity contribution in [1.82, 2.24) is 15.3 Å². The lowest BCUT2D eigenvalue weighted by Gasteiger charge is -2.25. The second-order valence-corrected chi connectivity index (χ2v) is 6.83. The second-order valence-electron chi connectivity index (χ2n) is 5.56. The Balaban J connectivity index is 1.81. The van der Waals surface area contributed by atoms with Crippen LogP contribution in [-0.2, 0) is 6.54 Å². The van der Waals surface area contributed by atoms with Crippen LogP contribution in [0.3, 0.4) is 0 Å². The van der Waals surface area contributed by atoms with Gasteiger partial charge in [0.1, 0.15) is 0 Å². The zero-order chi connectivity index (χ0) is 13.5. The van der Waals surface area contributed by atoms with Crippen molar-refractivity contribution in [2.24, 2.45) is 5.92 Å². The molecule has 1 N–H and O–H groups in total. The zero-order valence-corrected chi connectivity index (χ0v) is 12.9. The molecule has 3 nitrogen and oxygen atoms in total. The molecule has 1 aromatic heterocycles. The SMILES string of the molecule is CCCNCc1cnc(SC2CCCC(C)C2)nc1. The lowest BCUT2D eigenvalue weighted by atomic mass is 9.91. The summed E-state index contributed by atoms with van der Waals surface area (Å²) in [4.78, 5) is 8.98. The Morgan fingerprint density at radius 1 is 1.32 bits per heavy atom. The van der Waals surface area contributed by atoms with Crippen LogP contribution < -0.4 is 5.32 Å². The van der Waals surface area contributed by atoms with Crippen LogP contribution >= 0.6 is 11.8 Å². The summed E-state index contributed by atoms with van der Waals surface area (Å²) in [5.41, 5.74) is 1.18. The van der Waals surface area contributed by atoms with Crippen molar-refractivity contribution in [2.45, 2.75) is 62.9 Å². The van der Waals surface area contributed by atoms with Crippen LogP contribution in [0.2, 0.25) is 0 Å². The van der Waals surface area contributed by atoms with E-state index in [1.54, 1.807) is 0 Å². The van der Waals surface area contributed by atoms with Gasteiger partial charge >= 0.3 is 0 Å². The molecule has 2 rings (SSSR count). The van der Waals surface area contributed by atoms with Crippen molar-refractivity contribution in [3.05, 3.63) is 18.0 Å². The number of thioether (sulfide) groups is 1. The number of hydrogen-bond donors (Lipinski definition) is 1. The quantitative estimate of drug-likeness (QED) is 0.637. The number of aromatic nitrogens is 2. The van der Waals surface area contributed by atoms with Crippen LogP contribution in [-0.4, -0.2) is 21.8 Å². The van der Waals surface area contributed by atoms with E-state index in [2.05, 4.69) is 29.1 Å². The van der Waals surface area contributed by atoms with Gasteiger partial charge in [-0.2, -0.15) is 0 Å². The Morgan fingerprint density at radius 2 is 2.11 bits per heavy atom. The lowest BCUT2D eigenvalue weighted by molar-refractivity contribution is 0.394. The van der Waals surface area contributed by atoms with Gasteiger partial charge in [0.15, 0.2) is 5.16 Å². The largest absolute Gasteiger partial charge is 0.313 e. The fourth-order valence-electron chi connectivity index (χ4n) is 2.54. The van der Waals surface area contributed by atoms with Crippen molar-refractivity contribution in [1.29, 1.82) is 0 Å². The van der Waals surface area contributed by atoms with Crippen molar-refractivity contribution in [3.8, 4) is 0 Å². The molecular formula is C15H25N3S. The summed E-state index contributed by atoms with van der Waals surface area (Å²) in [5.74, 6) is 0.865. The van der Waals surface area contributed by atoms with E-state index in [0.29, 0.717) is 5.25 Å². The van der Waals surface area contributed by atoms with Crippen LogP contribution in [0, 0.1) is 5.92 Å². The molecule has 0 amide bonds. The molecule has 2 unspecified atom stereocenters. The first-order valence-electron chi connectivity index (χ1n) is 7.46. The first kappa shape index (κ1) is 14.8. The highest BCUT2D eigenvalue weighted by molar-refractivity contribution is 7.99. The van der Waals surface area contributed by atoms with Crippen molar-refractivity contribution >= 4 is 11.8 Å². The highest BCUT2D eigenvalue weighted by Crippen LogP contribution is 2.34. The van der Waals surface area contributed by atoms with E-state index in [1.165, 1.54) is 31.2 Å². The van der Waals surface area contributed by atoms with Gasteiger partial charge in [-0.3, -0.25) is 0 Å². The minimum Gasteiger partial charge on any atom is -0.313 e. The minimum atomic E-state index is 0.716. The van der Waals surface area contributed by atoms with Gasteiger partial charge in [0, 0.05) is 29.8 Å². The summed E-state index contributed by atoms with van der Waals surface area (Å²) in [6, 6.07) is 0. The summed E-state index contributed by atoms with van der Waals surface area (Å²) in [6.07, 6.45) is 10.5. The third-order valence-electron chi connectivity index (χ3n) is 3.60. The molecule has 1 fully saturated rings. The van der Waals surface area contributed by atoms with Gasteiger partial charge in [0.25, 0.3) is 0 Å². The number of nitrogens with one attached hydrogen (secondary N) is 1. The fraction of sp³-hybridized carbons (Fsp3) is 0.733. The summed E-state index contributed by atoms with van der Waals surface area (Å²) < 4.78 is 0. The smallest absolute Gasteiger partial charge is 0.187 e. The molecular weight excluding hydrogens is 254 g/mol. The number of hydrogen-bond acceptors (Lipinski definition) is 4. The second kappa shape index (κ2) is 7.85. The zero-order valence-electron chi connectivity index (χ0n) is 12.1. The number of rotatable bonds is 6. The van der Waals surface area contributed by atoms with Crippen LogP contribution in [0.4, 0.5) is 0 Å². The Bertz CT molecular complexity index is 366. The standard InChI is InChI=1S/C15H25N3S/c1-3-7-16-9-13-10-17-15(18-11-13)19-14-6-4-5-12(2)8-14/h10-12,14,16H,3-9H2,1-2H3. The average molecular weight is 279 g/mol. The Hall–Kier alpha value is -0.610. The third kappa shape index (κ3) is 5.11. The summed E-state index contributed by atoms with van der Waals surface area (Å²) in [6.45, 7) is 6.46. The predicted molar refractivity (Wildman–Crippen MR) is 81.3 cm³/mol. The van der Waals surface area contributed by atoms with Crippen molar-refractivity contribution in [2.75, 3.05) is 6.54 Å². The predicted octanol–water partition coefficient (Wildman–Crippen LogP) is 3.65. The molecule has 19 heavy (non-hydrogen) atoms. The maximum Gasteiger partial charge on any atom is 0.187 e. The van der Waals surface area contributed by atoms with E-state index in [-0.39, 0.29) is 0 Å². The van der Waals surface area contributed by atoms with Crippen LogP contribution in [0.1, 0.15) is 51.5 Å². The molecule has 1 heterocycles. The lowest BCUT2D eigenvalue weighted by Crippen LogP contribution is -2.16. The average Bonchev–Trinajstić information content (AvgIpc) is 2.41. The van der Waals surface area contributed by atoms with Gasteiger partial charge in [-0.25, -0.2) is 9.97 Å². The van der Waals surface area contributed by atoms with Gasteiger partial charge in [0.2, 0.25) is 0 Å². The Labute approximate surface area is 121 Å². The monoisotopic (exact) mass is 279 g/mol. The van der Waals surface area contributed by atoms with Gasteiger partial charge in [-0.05, 0) is 31.7 Å². The molecule has 1 aromatic rings. The van der Waals surface area contributed by atoms with E-state index in [1.807, 2.05) is 24.2 Å². The van der Waals surface area contributed by atoms with E-state index in [0.717, 1.165) is 30.6 Å². The summed E-state index contributed by atoms with van der Waals surface area (Å²) in [5, 5.41) is 5.03. The molecule has 106 valence electrons. The number of nitrogens with zero attached hydrogens (tertiary/aromatic N) is 2. The van der Waals surface area contributed by atoms with Gasteiger partial charge in [0.05, 0.1) is 0 Å². The molecule has 0 saturated heterocycles. The Morgan fingerprint density at radius 3 is 2.79 bits per heavy atom. The minimum absolute atomic E-state index is 0.716. The highest BCUT2D eigenvalue weighted by Gasteiger charge is 2.20. The first-order valence-corrected chi connectivity index (χ1v) is 8.34. The molecule has 0 radical (unpaired) electrons. The molecule has 4 heteroatoms. The molecule has 0 aliphatic heterocycles. The van der Waals surface area contributed by atoms with Gasteiger partial charge in [-0.15, -0.1) is 0 Å². The first-order chi connectivity index (χ1) is 9.28. The molecule has 0 bridgehead atoms. The fourth-order valence-corrected chi connectivity index (χ4v) is 3.77. The topological polar surface area (TPSA) is 37.8 Å². The van der Waals surface area contributed by atoms with Crippen molar-refractivity contribution < 1.29 is 0 Å². The van der Waals surface area contributed by atoms with Crippen LogP contribution in [0.5, 0.6) is 0 Å². The molecule has 1 aliphatic carbocycles. The molecule has 0 aromatic carbocycles. The molecule has 1 aliphatic rings. The van der Waals surface area contributed by atoms with E-state index in [4.69, 9.17) is 0 Å². The normalized spacial score (nSPS) is 23.5. The third-order valence-corrected chi connectivity index (χ3v) is 4.78. The van der Waals surface area contributed by atoms with E-state index < -0.39 is 0 Å². The maximum atomic E-state index is 4.49. The van der Waals surface area contributed by atoms with E-state index in [9.17, 15) is 0 Å². The highest BCUT2D eigenvalue weighted by atomic mass is 32.2. The molecule has 0 spiro atoms. The van der Waals surface area contributed by atoms with Gasteiger partial charge < -0.3 is 5.32 Å². The molecule has 1 saturated carbocycles. The summed E-state index contributed by atoms with van der Waals surface area (Å²) in [7, 11) is 0. The maximum absolute atomic E-state index is 4.49.